The second-order valence-electron chi connectivity index (χ2n) is 5.57. The number of esters is 3. The lowest BCUT2D eigenvalue weighted by molar-refractivity contribution is -0.209. The van der Waals surface area contributed by atoms with Crippen molar-refractivity contribution in [3.8, 4) is 0 Å². The fraction of sp³-hybridized carbons (Fsp3) is 0.786. The number of rotatable bonds is 6. The first kappa shape index (κ1) is 21.1. The number of ether oxygens (including phenoxy) is 4. The van der Waals surface area contributed by atoms with Crippen LogP contribution < -0.4 is 0 Å². The van der Waals surface area contributed by atoms with Gasteiger partial charge < -0.3 is 18.9 Å². The van der Waals surface area contributed by atoms with Crippen molar-refractivity contribution in [2.75, 3.05) is 19.1 Å². The maximum atomic E-state index is 11.5. The lowest BCUT2D eigenvalue weighted by Crippen LogP contribution is -2.62. The summed E-state index contributed by atoms with van der Waals surface area (Å²) >= 11 is 0. The highest BCUT2D eigenvalue weighted by atomic mass is 32.2. The lowest BCUT2D eigenvalue weighted by Gasteiger charge is -2.41. The zero-order chi connectivity index (χ0) is 19.1. The standard InChI is InChI=1S/C14H22N3O7S/c1-7(18)21-6-10-12(22-8(2)19)13(23-9(3)20)11(16-17-15)14(24-10)25(4)5/h10-14H,6H2,1-5H3/q+1/t10-,11-,12-,13-,14?/m1/s1. The molecule has 1 saturated heterocycles. The van der Waals surface area contributed by atoms with E-state index in [4.69, 9.17) is 24.5 Å². The van der Waals surface area contributed by atoms with Gasteiger partial charge in [0.1, 0.15) is 12.7 Å². The Morgan fingerprint density at radius 1 is 1.08 bits per heavy atom. The predicted octanol–water partition coefficient (Wildman–Crippen LogP) is 0.695. The molecule has 0 spiro atoms. The van der Waals surface area contributed by atoms with Gasteiger partial charge in [0.05, 0.1) is 12.5 Å². The number of hydrogen-bond donors (Lipinski definition) is 0. The van der Waals surface area contributed by atoms with Crippen LogP contribution in [0.25, 0.3) is 10.4 Å². The third-order valence-corrected chi connectivity index (χ3v) is 4.64. The molecule has 1 unspecified atom stereocenters. The topological polar surface area (TPSA) is 137 Å². The quantitative estimate of drug-likeness (QED) is 0.166. The molecule has 0 saturated carbocycles. The van der Waals surface area contributed by atoms with Crippen LogP contribution in [0.1, 0.15) is 20.8 Å². The Bertz CT molecular complexity index is 565. The van der Waals surface area contributed by atoms with Gasteiger partial charge in [-0.2, -0.15) is 0 Å². The molecular weight excluding hydrogens is 354 g/mol. The first-order valence-corrected chi connectivity index (χ1v) is 9.51. The Balaban J connectivity index is 3.26. The van der Waals surface area contributed by atoms with Crippen molar-refractivity contribution in [1.82, 2.24) is 0 Å². The molecule has 0 N–H and O–H groups in total. The molecule has 0 amide bonds. The molecule has 1 aliphatic heterocycles. The molecule has 0 aromatic carbocycles. The minimum absolute atomic E-state index is 0.193. The van der Waals surface area contributed by atoms with E-state index >= 15 is 0 Å². The van der Waals surface area contributed by atoms with Gasteiger partial charge in [-0.3, -0.25) is 14.4 Å². The minimum atomic E-state index is -1.07. The van der Waals surface area contributed by atoms with E-state index in [1.165, 1.54) is 20.8 Å². The molecule has 0 aromatic rings. The van der Waals surface area contributed by atoms with Crippen LogP contribution in [0.4, 0.5) is 0 Å². The SMILES string of the molecule is CC(=O)OC[C@H]1OC([S+](C)C)[C@H](N=[N+]=[N-])[C@@H](OC(C)=O)[C@@H]1OC(C)=O. The van der Waals surface area contributed by atoms with Crippen LogP contribution in [0.3, 0.4) is 0 Å². The van der Waals surface area contributed by atoms with Gasteiger partial charge >= 0.3 is 17.9 Å². The van der Waals surface area contributed by atoms with Crippen LogP contribution in [0, 0.1) is 0 Å². The second-order valence-corrected chi connectivity index (χ2v) is 7.79. The maximum Gasteiger partial charge on any atom is 0.303 e. The fourth-order valence-electron chi connectivity index (χ4n) is 2.46. The molecule has 5 atom stereocenters. The Hall–Kier alpha value is -1.97. The van der Waals surface area contributed by atoms with E-state index in [2.05, 4.69) is 10.0 Å². The summed E-state index contributed by atoms with van der Waals surface area (Å²) in [5.41, 5.74) is 8.28. The summed E-state index contributed by atoms with van der Waals surface area (Å²) in [6, 6.07) is -0.884. The normalized spacial score (nSPS) is 28.6. The first-order valence-electron chi connectivity index (χ1n) is 7.41. The zero-order valence-corrected chi connectivity index (χ0v) is 15.5. The molecule has 1 fully saturated rings. The van der Waals surface area contributed by atoms with Crippen molar-refractivity contribution in [2.45, 2.75) is 50.6 Å². The predicted molar refractivity (Wildman–Crippen MR) is 88.5 cm³/mol. The van der Waals surface area contributed by atoms with E-state index in [1.807, 2.05) is 12.5 Å². The van der Waals surface area contributed by atoms with Crippen molar-refractivity contribution in [3.63, 3.8) is 0 Å². The molecule has 0 aliphatic carbocycles. The van der Waals surface area contributed by atoms with Crippen molar-refractivity contribution in [1.29, 1.82) is 0 Å². The van der Waals surface area contributed by atoms with Gasteiger partial charge in [-0.25, -0.2) is 0 Å². The largest absolute Gasteiger partial charge is 0.463 e. The number of hydrogen-bond acceptors (Lipinski definition) is 8. The van der Waals surface area contributed by atoms with E-state index < -0.39 is 58.6 Å². The molecule has 25 heavy (non-hydrogen) atoms. The van der Waals surface area contributed by atoms with Gasteiger partial charge in [0.15, 0.2) is 18.2 Å². The van der Waals surface area contributed by atoms with E-state index in [0.29, 0.717) is 0 Å². The number of nitrogens with zero attached hydrogens (tertiary/aromatic N) is 3. The molecule has 140 valence electrons. The fourth-order valence-corrected chi connectivity index (χ4v) is 3.59. The van der Waals surface area contributed by atoms with Gasteiger partial charge in [-0.1, -0.05) is 5.11 Å². The Labute approximate surface area is 148 Å². The van der Waals surface area contributed by atoms with Gasteiger partial charge in [0.2, 0.25) is 5.44 Å². The summed E-state index contributed by atoms with van der Waals surface area (Å²) in [6.45, 7) is 3.42. The summed E-state index contributed by atoms with van der Waals surface area (Å²) < 4.78 is 21.4. The van der Waals surface area contributed by atoms with Crippen LogP contribution in [-0.2, 0) is 44.2 Å². The maximum absolute atomic E-state index is 11.5. The van der Waals surface area contributed by atoms with Crippen LogP contribution >= 0.6 is 0 Å². The highest BCUT2D eigenvalue weighted by Gasteiger charge is 2.54. The summed E-state index contributed by atoms with van der Waals surface area (Å²) in [5, 5.41) is 3.69. The summed E-state index contributed by atoms with van der Waals surface area (Å²) in [4.78, 5) is 36.9. The number of carbonyl (C=O) groups excluding carboxylic acids is 3. The molecule has 1 aliphatic rings. The third-order valence-electron chi connectivity index (χ3n) is 3.32. The van der Waals surface area contributed by atoms with Crippen molar-refractivity contribution >= 4 is 28.8 Å². The molecule has 0 aromatic heterocycles. The lowest BCUT2D eigenvalue weighted by atomic mass is 9.98. The van der Waals surface area contributed by atoms with Gasteiger partial charge in [-0.15, -0.1) is 0 Å². The monoisotopic (exact) mass is 376 g/mol. The van der Waals surface area contributed by atoms with E-state index in [0.717, 1.165) is 0 Å². The van der Waals surface area contributed by atoms with Crippen LogP contribution in [0.5, 0.6) is 0 Å². The van der Waals surface area contributed by atoms with Gasteiger partial charge in [0.25, 0.3) is 0 Å². The van der Waals surface area contributed by atoms with E-state index in [-0.39, 0.29) is 6.61 Å². The van der Waals surface area contributed by atoms with E-state index in [1.54, 1.807) is 0 Å². The first-order chi connectivity index (χ1) is 11.7. The van der Waals surface area contributed by atoms with Crippen molar-refractivity contribution < 1.29 is 33.3 Å². The smallest absolute Gasteiger partial charge is 0.303 e. The summed E-state index contributed by atoms with van der Waals surface area (Å²) in [7, 11) is -0.391. The van der Waals surface area contributed by atoms with Crippen molar-refractivity contribution in [2.24, 2.45) is 5.11 Å². The molecule has 10 nitrogen and oxygen atoms in total. The molecule has 1 heterocycles. The summed E-state index contributed by atoms with van der Waals surface area (Å²) in [5.74, 6) is -1.79. The van der Waals surface area contributed by atoms with Gasteiger partial charge in [0, 0.05) is 36.6 Å². The molecule has 11 heteroatoms. The Morgan fingerprint density at radius 2 is 1.64 bits per heavy atom. The number of carbonyl (C=O) groups is 3. The van der Waals surface area contributed by atoms with Gasteiger partial charge in [-0.05, 0) is 5.53 Å². The van der Waals surface area contributed by atoms with Crippen LogP contribution in [-0.4, -0.2) is 66.8 Å². The molecule has 0 radical (unpaired) electrons. The average molecular weight is 376 g/mol. The highest BCUT2D eigenvalue weighted by molar-refractivity contribution is 7.96. The second kappa shape index (κ2) is 9.50. The average Bonchev–Trinajstić information content (AvgIpc) is 2.48. The molecular formula is C14H22N3O7S+. The molecule has 1 rings (SSSR count). The Morgan fingerprint density at radius 3 is 2.08 bits per heavy atom. The third kappa shape index (κ3) is 6.11. The van der Waals surface area contributed by atoms with E-state index in [9.17, 15) is 14.4 Å². The minimum Gasteiger partial charge on any atom is -0.463 e. The highest BCUT2D eigenvalue weighted by Crippen LogP contribution is 2.31. The number of azide groups is 1. The van der Waals surface area contributed by atoms with Crippen LogP contribution in [0.15, 0.2) is 5.11 Å². The Kier molecular flexibility index (Phi) is 8.01. The van der Waals surface area contributed by atoms with Crippen LogP contribution in [0.2, 0.25) is 0 Å². The van der Waals surface area contributed by atoms with Crippen molar-refractivity contribution in [3.05, 3.63) is 10.4 Å². The summed E-state index contributed by atoms with van der Waals surface area (Å²) in [6.07, 6.45) is 0.749. The zero-order valence-electron chi connectivity index (χ0n) is 14.7. The molecule has 0 bridgehead atoms.